The molecule has 0 radical (unpaired) electrons. The van der Waals surface area contributed by atoms with Crippen molar-refractivity contribution in [3.63, 3.8) is 0 Å². The second kappa shape index (κ2) is 3.75. The zero-order valence-electron chi connectivity index (χ0n) is 7.56. The van der Waals surface area contributed by atoms with Gasteiger partial charge >= 0.3 is 0 Å². The molecule has 76 valence electrons. The number of hydrogen-bond acceptors (Lipinski definition) is 3. The first-order valence-corrected chi connectivity index (χ1v) is 5.88. The van der Waals surface area contributed by atoms with E-state index in [0.29, 0.717) is 25.7 Å². The fourth-order valence-electron chi connectivity index (χ4n) is 1.77. The van der Waals surface area contributed by atoms with E-state index in [2.05, 4.69) is 0 Å². The summed E-state index contributed by atoms with van der Waals surface area (Å²) in [5.41, 5.74) is 0. The minimum atomic E-state index is -3.89. The maximum Gasteiger partial charge on any atom is 0.267 e. The van der Waals surface area contributed by atoms with Gasteiger partial charge in [-0.15, -0.1) is 0 Å². The first-order chi connectivity index (χ1) is 5.91. The van der Waals surface area contributed by atoms with Gasteiger partial charge in [-0.05, 0) is 32.6 Å². The molecule has 13 heavy (non-hydrogen) atoms. The Labute approximate surface area is 78.1 Å². The highest BCUT2D eigenvalue weighted by molar-refractivity contribution is 7.86. The lowest BCUT2D eigenvalue weighted by atomic mass is 9.86. The van der Waals surface area contributed by atoms with Crippen LogP contribution in [-0.4, -0.2) is 24.0 Å². The average Bonchev–Trinajstić information content (AvgIpc) is 2.03. The van der Waals surface area contributed by atoms with Crippen LogP contribution in [0.2, 0.25) is 0 Å². The lowest BCUT2D eigenvalue weighted by molar-refractivity contribution is -0.121. The Bertz CT molecular complexity index is 285. The summed E-state index contributed by atoms with van der Waals surface area (Å²) >= 11 is 0. The zero-order chi connectivity index (χ0) is 10.1. The van der Waals surface area contributed by atoms with Gasteiger partial charge in [0.25, 0.3) is 10.1 Å². The monoisotopic (exact) mass is 206 g/mol. The van der Waals surface area contributed by atoms with Gasteiger partial charge in [-0.25, -0.2) is 0 Å². The Hall–Kier alpha value is -0.420. The molecule has 0 aromatic carbocycles. The molecule has 0 heterocycles. The van der Waals surface area contributed by atoms with Crippen molar-refractivity contribution in [1.82, 2.24) is 0 Å². The number of ketones is 1. The third-order valence-corrected chi connectivity index (χ3v) is 3.98. The molecule has 0 aliphatic heterocycles. The minimum Gasteiger partial charge on any atom is -0.300 e. The number of rotatable bonds is 2. The van der Waals surface area contributed by atoms with Crippen LogP contribution < -0.4 is 0 Å². The quantitative estimate of drug-likeness (QED) is 0.685. The molecule has 0 aromatic rings. The zero-order valence-corrected chi connectivity index (χ0v) is 8.38. The van der Waals surface area contributed by atoms with E-state index in [1.54, 1.807) is 0 Å². The lowest BCUT2D eigenvalue weighted by Gasteiger charge is -2.24. The smallest absolute Gasteiger partial charge is 0.267 e. The van der Waals surface area contributed by atoms with Crippen LogP contribution >= 0.6 is 0 Å². The Kier molecular flexibility index (Phi) is 3.08. The van der Waals surface area contributed by atoms with Crippen LogP contribution in [0.5, 0.6) is 0 Å². The Morgan fingerprint density at radius 3 is 2.00 bits per heavy atom. The van der Waals surface area contributed by atoms with E-state index in [4.69, 9.17) is 4.55 Å². The van der Waals surface area contributed by atoms with E-state index in [1.807, 2.05) is 0 Å². The molecule has 1 saturated carbocycles. The number of hydrogen-bond donors (Lipinski definition) is 1. The standard InChI is InChI=1S/C8H14O4S/c1-6(9)7-2-4-8(5-3-7)13(10,11)12/h7-8H,2-5H2,1H3,(H,10,11,12). The average molecular weight is 206 g/mol. The molecule has 4 nitrogen and oxygen atoms in total. The molecule has 0 atom stereocenters. The fraction of sp³-hybridized carbons (Fsp3) is 0.875. The molecule has 0 amide bonds. The summed E-state index contributed by atoms with van der Waals surface area (Å²) < 4.78 is 30.2. The molecule has 0 saturated heterocycles. The van der Waals surface area contributed by atoms with Gasteiger partial charge < -0.3 is 0 Å². The highest BCUT2D eigenvalue weighted by Crippen LogP contribution is 2.28. The molecular formula is C8H14O4S. The van der Waals surface area contributed by atoms with Crippen LogP contribution in [0, 0.1) is 5.92 Å². The van der Waals surface area contributed by atoms with E-state index < -0.39 is 15.4 Å². The second-order valence-corrected chi connectivity index (χ2v) is 5.30. The van der Waals surface area contributed by atoms with Crippen LogP contribution in [0.1, 0.15) is 32.6 Å². The van der Waals surface area contributed by atoms with E-state index >= 15 is 0 Å². The van der Waals surface area contributed by atoms with Crippen LogP contribution in [0.4, 0.5) is 0 Å². The van der Waals surface area contributed by atoms with E-state index in [-0.39, 0.29) is 11.7 Å². The molecule has 0 aromatic heterocycles. The van der Waals surface area contributed by atoms with Crippen molar-refractivity contribution in [2.45, 2.75) is 37.9 Å². The van der Waals surface area contributed by atoms with Gasteiger partial charge in [0.05, 0.1) is 5.25 Å². The minimum absolute atomic E-state index is 0.00185. The molecule has 0 unspecified atom stereocenters. The summed E-state index contributed by atoms with van der Waals surface area (Å²) in [5, 5.41) is -0.650. The fourth-order valence-corrected chi connectivity index (χ4v) is 2.64. The summed E-state index contributed by atoms with van der Waals surface area (Å²) in [6.45, 7) is 1.53. The summed E-state index contributed by atoms with van der Waals surface area (Å²) in [4.78, 5) is 10.9. The largest absolute Gasteiger partial charge is 0.300 e. The van der Waals surface area contributed by atoms with Gasteiger partial charge in [-0.2, -0.15) is 8.42 Å². The topological polar surface area (TPSA) is 71.4 Å². The van der Waals surface area contributed by atoms with Crippen LogP contribution in [-0.2, 0) is 14.9 Å². The predicted molar refractivity (Wildman–Crippen MR) is 48.0 cm³/mol. The Morgan fingerprint density at radius 2 is 1.69 bits per heavy atom. The van der Waals surface area contributed by atoms with Gasteiger partial charge in [-0.1, -0.05) is 0 Å². The Morgan fingerprint density at radius 1 is 1.23 bits per heavy atom. The molecule has 1 N–H and O–H groups in total. The SMILES string of the molecule is CC(=O)C1CCC(S(=O)(=O)O)CC1. The summed E-state index contributed by atoms with van der Waals surface area (Å²) in [6.07, 6.45) is 1.98. The van der Waals surface area contributed by atoms with Crippen molar-refractivity contribution < 1.29 is 17.8 Å². The molecule has 1 aliphatic rings. The van der Waals surface area contributed by atoms with Gasteiger partial charge in [0.2, 0.25) is 0 Å². The van der Waals surface area contributed by atoms with Crippen LogP contribution in [0.3, 0.4) is 0 Å². The van der Waals surface area contributed by atoms with Crippen molar-refractivity contribution in [2.75, 3.05) is 0 Å². The van der Waals surface area contributed by atoms with Crippen LogP contribution in [0.15, 0.2) is 0 Å². The summed E-state index contributed by atoms with van der Waals surface area (Å²) in [5.74, 6) is 0.117. The van der Waals surface area contributed by atoms with Crippen LogP contribution in [0.25, 0.3) is 0 Å². The number of carbonyl (C=O) groups excluding carboxylic acids is 1. The maximum atomic E-state index is 10.9. The lowest BCUT2D eigenvalue weighted by Crippen LogP contribution is -2.28. The van der Waals surface area contributed by atoms with E-state index in [1.165, 1.54) is 6.92 Å². The van der Waals surface area contributed by atoms with Crippen molar-refractivity contribution in [3.8, 4) is 0 Å². The molecule has 1 aliphatic carbocycles. The summed E-state index contributed by atoms with van der Waals surface area (Å²) in [6, 6.07) is 0. The first-order valence-electron chi connectivity index (χ1n) is 4.38. The molecule has 1 rings (SSSR count). The molecule has 1 fully saturated rings. The molecule has 0 spiro atoms. The van der Waals surface area contributed by atoms with Crippen molar-refractivity contribution in [3.05, 3.63) is 0 Å². The van der Waals surface area contributed by atoms with Gasteiger partial charge in [0.1, 0.15) is 5.78 Å². The molecule has 5 heteroatoms. The van der Waals surface area contributed by atoms with Crippen molar-refractivity contribution in [1.29, 1.82) is 0 Å². The van der Waals surface area contributed by atoms with Gasteiger partial charge in [-0.3, -0.25) is 9.35 Å². The normalized spacial score (nSPS) is 30.0. The van der Waals surface area contributed by atoms with Crippen molar-refractivity contribution >= 4 is 15.9 Å². The van der Waals surface area contributed by atoms with Crippen molar-refractivity contribution in [2.24, 2.45) is 5.92 Å². The number of carbonyl (C=O) groups is 1. The van der Waals surface area contributed by atoms with E-state index in [0.717, 1.165) is 0 Å². The first kappa shape index (κ1) is 10.7. The highest BCUT2D eigenvalue weighted by Gasteiger charge is 2.30. The summed E-state index contributed by atoms with van der Waals surface area (Å²) in [7, 11) is -3.89. The van der Waals surface area contributed by atoms with E-state index in [9.17, 15) is 13.2 Å². The third-order valence-electron chi connectivity index (χ3n) is 2.67. The van der Waals surface area contributed by atoms with Gasteiger partial charge in [0, 0.05) is 5.92 Å². The van der Waals surface area contributed by atoms with Gasteiger partial charge in [0.15, 0.2) is 0 Å². The molecule has 0 bridgehead atoms. The second-order valence-electron chi connectivity index (χ2n) is 3.60. The molecular weight excluding hydrogens is 192 g/mol. The predicted octanol–water partition coefficient (Wildman–Crippen LogP) is 1.02. The maximum absolute atomic E-state index is 10.9. The Balaban J connectivity index is 2.53. The number of Topliss-reactive ketones (excluding diaryl/α,β-unsaturated/α-hetero) is 1. The highest BCUT2D eigenvalue weighted by atomic mass is 32.2. The third kappa shape index (κ3) is 2.77.